The molecule has 1 aliphatic heterocycles. The van der Waals surface area contributed by atoms with Crippen LogP contribution in [-0.4, -0.2) is 34.4 Å². The lowest BCUT2D eigenvalue weighted by Gasteiger charge is -2.19. The number of amides is 1. The van der Waals surface area contributed by atoms with E-state index in [0.717, 1.165) is 13.0 Å². The van der Waals surface area contributed by atoms with Gasteiger partial charge in [-0.05, 0) is 32.1 Å². The first kappa shape index (κ1) is 12.5. The van der Waals surface area contributed by atoms with Crippen LogP contribution < -0.4 is 11.1 Å². The van der Waals surface area contributed by atoms with Gasteiger partial charge in [-0.1, -0.05) is 0 Å². The smallest absolute Gasteiger partial charge is 0.272 e. The summed E-state index contributed by atoms with van der Waals surface area (Å²) in [6.45, 7) is 2.53. The third kappa shape index (κ3) is 2.20. The van der Waals surface area contributed by atoms with Crippen LogP contribution in [0.5, 0.6) is 0 Å². The van der Waals surface area contributed by atoms with Crippen molar-refractivity contribution in [3.63, 3.8) is 0 Å². The molecule has 6 heteroatoms. The van der Waals surface area contributed by atoms with Crippen molar-refractivity contribution < 1.29 is 9.53 Å². The van der Waals surface area contributed by atoms with Crippen molar-refractivity contribution in [3.8, 4) is 0 Å². The average Bonchev–Trinajstić information content (AvgIpc) is 3.04. The predicted molar refractivity (Wildman–Crippen MR) is 70.7 cm³/mol. The lowest BCUT2D eigenvalue weighted by molar-refractivity contribution is 0.0725. The lowest BCUT2D eigenvalue weighted by Crippen LogP contribution is -2.42. The number of nitrogen functional groups attached to an aromatic ring is 1. The maximum atomic E-state index is 12.3. The number of nitrogens with zero attached hydrogens (tertiary/aromatic N) is 2. The Bertz CT molecular complexity index is 507. The van der Waals surface area contributed by atoms with Gasteiger partial charge in [0.25, 0.3) is 5.91 Å². The number of anilines is 1. The topological polar surface area (TPSA) is 82.2 Å². The minimum atomic E-state index is -0.151. The Morgan fingerprint density at radius 3 is 2.79 bits per heavy atom. The summed E-state index contributed by atoms with van der Waals surface area (Å²) in [6.07, 6.45) is 3.48. The molecule has 2 heterocycles. The Morgan fingerprint density at radius 1 is 1.47 bits per heavy atom. The number of carbonyl (C=O) groups is 1. The molecule has 3 N–H and O–H groups in total. The third-order valence-corrected chi connectivity index (χ3v) is 4.02. The van der Waals surface area contributed by atoms with E-state index in [1.54, 1.807) is 18.7 Å². The van der Waals surface area contributed by atoms with Gasteiger partial charge in [-0.3, -0.25) is 9.48 Å². The van der Waals surface area contributed by atoms with E-state index < -0.39 is 0 Å². The van der Waals surface area contributed by atoms with E-state index in [1.807, 2.05) is 0 Å². The highest BCUT2D eigenvalue weighted by Gasteiger charge is 2.41. The Morgan fingerprint density at radius 2 is 2.21 bits per heavy atom. The summed E-state index contributed by atoms with van der Waals surface area (Å²) in [5.41, 5.74) is 7.50. The molecule has 1 saturated carbocycles. The molecule has 2 fully saturated rings. The summed E-state index contributed by atoms with van der Waals surface area (Å²) in [4.78, 5) is 12.3. The van der Waals surface area contributed by atoms with Crippen LogP contribution in [0.15, 0.2) is 0 Å². The first-order valence-corrected chi connectivity index (χ1v) is 6.79. The molecule has 1 saturated heterocycles. The fraction of sp³-hybridized carbons (Fsp3) is 0.692. The third-order valence-electron chi connectivity index (χ3n) is 4.02. The summed E-state index contributed by atoms with van der Waals surface area (Å²) in [5, 5.41) is 7.23. The van der Waals surface area contributed by atoms with E-state index in [0.29, 0.717) is 23.0 Å². The van der Waals surface area contributed by atoms with Gasteiger partial charge in [-0.25, -0.2) is 0 Å². The van der Waals surface area contributed by atoms with E-state index in [4.69, 9.17) is 10.5 Å². The number of nitrogens with one attached hydrogen (secondary N) is 1. The molecule has 1 amide bonds. The Kier molecular flexibility index (Phi) is 2.97. The first-order chi connectivity index (χ1) is 9.08. The Hall–Kier alpha value is -1.56. The van der Waals surface area contributed by atoms with Crippen molar-refractivity contribution >= 4 is 11.6 Å². The van der Waals surface area contributed by atoms with Crippen molar-refractivity contribution in [3.05, 3.63) is 11.4 Å². The number of carbonyl (C=O) groups excluding carboxylic acids is 1. The number of ether oxygens (including phenoxy) is 1. The number of aromatic nitrogens is 2. The average molecular weight is 264 g/mol. The zero-order valence-electron chi connectivity index (χ0n) is 11.3. The molecule has 1 aliphatic carbocycles. The molecule has 1 aromatic heterocycles. The molecule has 1 aromatic rings. The monoisotopic (exact) mass is 264 g/mol. The SMILES string of the molecule is Cc1nn(C)c(C(=O)NC2CCOC2C2CC2)c1N. The number of hydrogen-bond donors (Lipinski definition) is 2. The van der Waals surface area contributed by atoms with Crippen molar-refractivity contribution in [2.75, 3.05) is 12.3 Å². The van der Waals surface area contributed by atoms with Crippen LogP contribution in [0.25, 0.3) is 0 Å². The molecule has 2 unspecified atom stereocenters. The fourth-order valence-corrected chi connectivity index (χ4v) is 2.84. The molecule has 3 rings (SSSR count). The second kappa shape index (κ2) is 4.52. The van der Waals surface area contributed by atoms with Gasteiger partial charge in [0, 0.05) is 13.7 Å². The number of nitrogens with two attached hydrogens (primary N) is 1. The highest BCUT2D eigenvalue weighted by atomic mass is 16.5. The largest absolute Gasteiger partial charge is 0.395 e. The molecule has 0 aromatic carbocycles. The van der Waals surface area contributed by atoms with Gasteiger partial charge in [-0.2, -0.15) is 5.10 Å². The molecule has 6 nitrogen and oxygen atoms in total. The van der Waals surface area contributed by atoms with Crippen molar-refractivity contribution in [1.29, 1.82) is 0 Å². The van der Waals surface area contributed by atoms with Crippen molar-refractivity contribution in [1.82, 2.24) is 15.1 Å². The summed E-state index contributed by atoms with van der Waals surface area (Å²) in [5.74, 6) is 0.472. The molecule has 0 bridgehead atoms. The molecule has 2 aliphatic rings. The van der Waals surface area contributed by atoms with Crippen LogP contribution >= 0.6 is 0 Å². The molecular weight excluding hydrogens is 244 g/mol. The van der Waals surface area contributed by atoms with Crippen LogP contribution in [-0.2, 0) is 11.8 Å². The Balaban J connectivity index is 1.74. The minimum absolute atomic E-state index is 0.106. The lowest BCUT2D eigenvalue weighted by atomic mass is 10.1. The molecule has 2 atom stereocenters. The van der Waals surface area contributed by atoms with Gasteiger partial charge < -0.3 is 15.8 Å². The van der Waals surface area contributed by atoms with Crippen LogP contribution in [0.3, 0.4) is 0 Å². The molecular formula is C13H20N4O2. The van der Waals surface area contributed by atoms with Gasteiger partial charge in [0.2, 0.25) is 0 Å². The second-order valence-electron chi connectivity index (χ2n) is 5.51. The van der Waals surface area contributed by atoms with E-state index in [1.165, 1.54) is 12.8 Å². The molecule has 104 valence electrons. The first-order valence-electron chi connectivity index (χ1n) is 6.79. The van der Waals surface area contributed by atoms with E-state index in [-0.39, 0.29) is 18.1 Å². The molecule has 19 heavy (non-hydrogen) atoms. The van der Waals surface area contributed by atoms with E-state index in [9.17, 15) is 4.79 Å². The van der Waals surface area contributed by atoms with Gasteiger partial charge in [0.15, 0.2) is 0 Å². The van der Waals surface area contributed by atoms with Crippen LogP contribution in [0.4, 0.5) is 5.69 Å². The van der Waals surface area contributed by atoms with Crippen molar-refractivity contribution in [2.45, 2.75) is 38.3 Å². The maximum Gasteiger partial charge on any atom is 0.272 e. The van der Waals surface area contributed by atoms with Crippen LogP contribution in [0.1, 0.15) is 35.4 Å². The van der Waals surface area contributed by atoms with Gasteiger partial charge in [0.1, 0.15) is 5.69 Å². The van der Waals surface area contributed by atoms with E-state index in [2.05, 4.69) is 10.4 Å². The summed E-state index contributed by atoms with van der Waals surface area (Å²) < 4.78 is 7.27. The highest BCUT2D eigenvalue weighted by molar-refractivity contribution is 5.98. The van der Waals surface area contributed by atoms with Gasteiger partial charge >= 0.3 is 0 Å². The maximum absolute atomic E-state index is 12.3. The molecule has 0 spiro atoms. The summed E-state index contributed by atoms with van der Waals surface area (Å²) in [7, 11) is 1.74. The van der Waals surface area contributed by atoms with Crippen LogP contribution in [0.2, 0.25) is 0 Å². The normalized spacial score (nSPS) is 26.6. The van der Waals surface area contributed by atoms with Crippen molar-refractivity contribution in [2.24, 2.45) is 13.0 Å². The minimum Gasteiger partial charge on any atom is -0.395 e. The van der Waals surface area contributed by atoms with Gasteiger partial charge in [-0.15, -0.1) is 0 Å². The highest BCUT2D eigenvalue weighted by Crippen LogP contribution is 2.38. The zero-order chi connectivity index (χ0) is 13.6. The van der Waals surface area contributed by atoms with E-state index >= 15 is 0 Å². The fourth-order valence-electron chi connectivity index (χ4n) is 2.84. The predicted octanol–water partition coefficient (Wildman–Crippen LogP) is 0.608. The Labute approximate surface area is 112 Å². The van der Waals surface area contributed by atoms with Gasteiger partial charge in [0.05, 0.1) is 23.5 Å². The number of rotatable bonds is 3. The number of aryl methyl sites for hydroxylation is 2. The second-order valence-corrected chi connectivity index (χ2v) is 5.51. The quantitative estimate of drug-likeness (QED) is 0.838. The van der Waals surface area contributed by atoms with Crippen LogP contribution in [0, 0.1) is 12.8 Å². The summed E-state index contributed by atoms with van der Waals surface area (Å²) in [6, 6.07) is 0.106. The summed E-state index contributed by atoms with van der Waals surface area (Å²) >= 11 is 0. The molecule has 0 radical (unpaired) electrons. The zero-order valence-corrected chi connectivity index (χ0v) is 11.3. The standard InChI is InChI=1S/C13H20N4O2/c1-7-10(14)11(17(2)16-7)13(18)15-9-5-6-19-12(9)8-3-4-8/h8-9,12H,3-6,14H2,1-2H3,(H,15,18). The number of hydrogen-bond acceptors (Lipinski definition) is 4.